The van der Waals surface area contributed by atoms with E-state index >= 15 is 0 Å². The Kier molecular flexibility index (Phi) is 4.15. The van der Waals surface area contributed by atoms with Crippen molar-refractivity contribution in [3.63, 3.8) is 0 Å². The van der Waals surface area contributed by atoms with Gasteiger partial charge in [-0.1, -0.05) is 6.92 Å². The average molecular weight is 249 g/mol. The van der Waals surface area contributed by atoms with E-state index in [-0.39, 0.29) is 5.69 Å². The third-order valence-corrected chi connectivity index (χ3v) is 3.24. The Morgan fingerprint density at radius 3 is 2.72 bits per heavy atom. The summed E-state index contributed by atoms with van der Waals surface area (Å²) < 4.78 is 0. The monoisotopic (exact) mass is 249 g/mol. The molecular weight excluding hydrogens is 230 g/mol. The maximum Gasteiger partial charge on any atom is 0.354 e. The van der Waals surface area contributed by atoms with Gasteiger partial charge in [0, 0.05) is 38.1 Å². The smallest absolute Gasteiger partial charge is 0.354 e. The molecule has 1 N–H and O–H groups in total. The first-order valence-electron chi connectivity index (χ1n) is 6.37. The summed E-state index contributed by atoms with van der Waals surface area (Å²) in [5, 5.41) is 8.93. The quantitative estimate of drug-likeness (QED) is 0.872. The fraction of sp³-hybridized carbons (Fsp3) is 0.538. The number of carboxylic acids is 1. The second-order valence-corrected chi connectivity index (χ2v) is 4.53. The zero-order valence-electron chi connectivity index (χ0n) is 10.7. The van der Waals surface area contributed by atoms with Crippen LogP contribution in [0, 0.1) is 0 Å². The predicted octanol–water partition coefficient (Wildman–Crippen LogP) is 1.31. The first kappa shape index (κ1) is 12.8. The molecule has 2 heterocycles. The van der Waals surface area contributed by atoms with Crippen molar-refractivity contribution >= 4 is 11.7 Å². The summed E-state index contributed by atoms with van der Waals surface area (Å²) in [5.74, 6) is -0.971. The molecule has 1 aromatic rings. The minimum absolute atomic E-state index is 0.114. The number of aromatic carboxylic acids is 1. The summed E-state index contributed by atoms with van der Waals surface area (Å²) in [6.07, 6.45) is 2.75. The number of hydrogen-bond donors (Lipinski definition) is 1. The van der Waals surface area contributed by atoms with Gasteiger partial charge in [0.05, 0.1) is 0 Å². The zero-order valence-corrected chi connectivity index (χ0v) is 10.7. The Morgan fingerprint density at radius 2 is 2.11 bits per heavy atom. The summed E-state index contributed by atoms with van der Waals surface area (Å²) in [4.78, 5) is 19.4. The molecule has 98 valence electrons. The van der Waals surface area contributed by atoms with Crippen LogP contribution in [0.5, 0.6) is 0 Å². The molecule has 0 saturated carbocycles. The van der Waals surface area contributed by atoms with Crippen molar-refractivity contribution in [3.8, 4) is 0 Å². The van der Waals surface area contributed by atoms with Crippen LogP contribution in [-0.4, -0.2) is 53.7 Å². The second kappa shape index (κ2) is 5.82. The minimum atomic E-state index is -0.971. The number of hydrogen-bond acceptors (Lipinski definition) is 4. The van der Waals surface area contributed by atoms with Gasteiger partial charge in [-0.3, -0.25) is 4.90 Å². The number of pyridine rings is 1. The van der Waals surface area contributed by atoms with Crippen molar-refractivity contribution < 1.29 is 9.90 Å². The fourth-order valence-electron chi connectivity index (χ4n) is 2.28. The number of anilines is 1. The lowest BCUT2D eigenvalue weighted by Crippen LogP contribution is -2.46. The molecule has 1 aliphatic heterocycles. The highest BCUT2D eigenvalue weighted by molar-refractivity contribution is 5.86. The SMILES string of the molecule is CCCN1CCN(c2ccnc(C(=O)O)c2)CC1. The van der Waals surface area contributed by atoms with Gasteiger partial charge in [0.15, 0.2) is 0 Å². The molecule has 1 saturated heterocycles. The summed E-state index contributed by atoms with van der Waals surface area (Å²) in [7, 11) is 0. The van der Waals surface area contributed by atoms with E-state index < -0.39 is 5.97 Å². The highest BCUT2D eigenvalue weighted by Crippen LogP contribution is 2.16. The molecule has 1 fully saturated rings. The van der Waals surface area contributed by atoms with E-state index in [2.05, 4.69) is 21.7 Å². The van der Waals surface area contributed by atoms with Crippen LogP contribution in [0.3, 0.4) is 0 Å². The van der Waals surface area contributed by atoms with Crippen LogP contribution < -0.4 is 4.90 Å². The van der Waals surface area contributed by atoms with E-state index in [4.69, 9.17) is 5.11 Å². The first-order valence-corrected chi connectivity index (χ1v) is 6.37. The Bertz CT molecular complexity index is 414. The van der Waals surface area contributed by atoms with Gasteiger partial charge in [0.1, 0.15) is 5.69 Å². The Labute approximate surface area is 107 Å². The van der Waals surface area contributed by atoms with Gasteiger partial charge in [-0.2, -0.15) is 0 Å². The van der Waals surface area contributed by atoms with E-state index in [1.807, 2.05) is 6.07 Å². The standard InChI is InChI=1S/C13H19N3O2/c1-2-5-15-6-8-16(9-7-15)11-3-4-14-12(10-11)13(17)18/h3-4,10H,2,5-9H2,1H3,(H,17,18). The summed E-state index contributed by atoms with van der Waals surface area (Å²) in [6.45, 7) is 7.31. The lowest BCUT2D eigenvalue weighted by molar-refractivity contribution is 0.0690. The Balaban J connectivity index is 2.01. The lowest BCUT2D eigenvalue weighted by Gasteiger charge is -2.35. The van der Waals surface area contributed by atoms with Gasteiger partial charge in [-0.25, -0.2) is 9.78 Å². The van der Waals surface area contributed by atoms with E-state index in [0.29, 0.717) is 0 Å². The first-order chi connectivity index (χ1) is 8.70. The fourth-order valence-corrected chi connectivity index (χ4v) is 2.28. The molecule has 2 rings (SSSR count). The van der Waals surface area contributed by atoms with Crippen LogP contribution >= 0.6 is 0 Å². The van der Waals surface area contributed by atoms with Gasteiger partial charge in [-0.15, -0.1) is 0 Å². The summed E-state index contributed by atoms with van der Waals surface area (Å²) in [5.41, 5.74) is 1.07. The highest BCUT2D eigenvalue weighted by atomic mass is 16.4. The van der Waals surface area contributed by atoms with Crippen molar-refractivity contribution in [1.82, 2.24) is 9.88 Å². The molecule has 18 heavy (non-hydrogen) atoms. The molecule has 5 heteroatoms. The Morgan fingerprint density at radius 1 is 1.39 bits per heavy atom. The van der Waals surface area contributed by atoms with E-state index in [9.17, 15) is 4.79 Å². The number of carbonyl (C=O) groups is 1. The maximum atomic E-state index is 10.9. The molecule has 0 atom stereocenters. The number of carboxylic acid groups (broad SMARTS) is 1. The second-order valence-electron chi connectivity index (χ2n) is 4.53. The number of nitrogens with zero attached hydrogens (tertiary/aromatic N) is 3. The van der Waals surface area contributed by atoms with E-state index in [1.165, 1.54) is 6.42 Å². The molecule has 0 aliphatic carbocycles. The van der Waals surface area contributed by atoms with Gasteiger partial charge < -0.3 is 10.0 Å². The van der Waals surface area contributed by atoms with E-state index in [1.54, 1.807) is 12.3 Å². The van der Waals surface area contributed by atoms with Gasteiger partial charge in [0.25, 0.3) is 0 Å². The number of rotatable bonds is 4. The van der Waals surface area contributed by atoms with Crippen LogP contribution in [-0.2, 0) is 0 Å². The summed E-state index contributed by atoms with van der Waals surface area (Å²) >= 11 is 0. The maximum absolute atomic E-state index is 10.9. The molecule has 0 unspecified atom stereocenters. The third kappa shape index (κ3) is 2.98. The lowest BCUT2D eigenvalue weighted by atomic mass is 10.2. The van der Waals surface area contributed by atoms with E-state index in [0.717, 1.165) is 38.4 Å². The largest absolute Gasteiger partial charge is 0.477 e. The molecule has 0 bridgehead atoms. The molecular formula is C13H19N3O2. The van der Waals surface area contributed by atoms with Crippen molar-refractivity contribution in [3.05, 3.63) is 24.0 Å². The van der Waals surface area contributed by atoms with Crippen LogP contribution in [0.25, 0.3) is 0 Å². The van der Waals surface area contributed by atoms with Crippen molar-refractivity contribution in [2.75, 3.05) is 37.6 Å². The van der Waals surface area contributed by atoms with Crippen molar-refractivity contribution in [1.29, 1.82) is 0 Å². The normalized spacial score (nSPS) is 16.8. The van der Waals surface area contributed by atoms with Crippen LogP contribution in [0.1, 0.15) is 23.8 Å². The zero-order chi connectivity index (χ0) is 13.0. The molecule has 0 spiro atoms. The highest BCUT2D eigenvalue weighted by Gasteiger charge is 2.17. The topological polar surface area (TPSA) is 56.7 Å². The van der Waals surface area contributed by atoms with Crippen LogP contribution in [0.2, 0.25) is 0 Å². The van der Waals surface area contributed by atoms with Gasteiger partial charge in [-0.05, 0) is 25.1 Å². The Hall–Kier alpha value is -1.62. The molecule has 1 aliphatic rings. The van der Waals surface area contributed by atoms with Gasteiger partial charge in [0.2, 0.25) is 0 Å². The molecule has 0 amide bonds. The predicted molar refractivity (Wildman–Crippen MR) is 70.1 cm³/mol. The summed E-state index contributed by atoms with van der Waals surface area (Å²) in [6, 6.07) is 3.53. The van der Waals surface area contributed by atoms with Crippen molar-refractivity contribution in [2.24, 2.45) is 0 Å². The van der Waals surface area contributed by atoms with Crippen LogP contribution in [0.4, 0.5) is 5.69 Å². The number of aromatic nitrogens is 1. The van der Waals surface area contributed by atoms with Crippen molar-refractivity contribution in [2.45, 2.75) is 13.3 Å². The van der Waals surface area contributed by atoms with Crippen LogP contribution in [0.15, 0.2) is 18.3 Å². The third-order valence-electron chi connectivity index (χ3n) is 3.24. The average Bonchev–Trinajstić information content (AvgIpc) is 2.40. The molecule has 0 radical (unpaired) electrons. The molecule has 0 aromatic carbocycles. The van der Waals surface area contributed by atoms with Gasteiger partial charge >= 0.3 is 5.97 Å². The molecule has 1 aromatic heterocycles. The molecule has 5 nitrogen and oxygen atoms in total. The minimum Gasteiger partial charge on any atom is -0.477 e. The number of piperazine rings is 1.